The predicted octanol–water partition coefficient (Wildman–Crippen LogP) is 0.313. The summed E-state index contributed by atoms with van der Waals surface area (Å²) < 4.78 is 5.13. The van der Waals surface area contributed by atoms with E-state index in [-0.39, 0.29) is 29.9 Å². The number of carbonyl (C=O) groups is 2. The molecule has 4 heteroatoms. The van der Waals surface area contributed by atoms with Gasteiger partial charge in [-0.15, -0.1) is 0 Å². The van der Waals surface area contributed by atoms with Gasteiger partial charge in [0.15, 0.2) is 0 Å². The maximum atomic E-state index is 11.5. The Hall–Kier alpha value is -0.900. The number of hydrogen-bond donors (Lipinski definition) is 0. The number of hydrogen-bond acceptors (Lipinski definition) is 3. The molecule has 1 aliphatic heterocycles. The molecule has 4 nitrogen and oxygen atoms in total. The molecule has 0 radical (unpaired) electrons. The van der Waals surface area contributed by atoms with Crippen molar-refractivity contribution in [3.05, 3.63) is 0 Å². The van der Waals surface area contributed by atoms with E-state index >= 15 is 0 Å². The van der Waals surface area contributed by atoms with Gasteiger partial charge in [-0.05, 0) is 6.92 Å². The molecule has 1 saturated heterocycles. The fourth-order valence-corrected chi connectivity index (χ4v) is 2.07. The molecule has 1 amide bonds. The lowest BCUT2D eigenvalue weighted by Crippen LogP contribution is -2.65. The van der Waals surface area contributed by atoms with Crippen LogP contribution in [0.2, 0.25) is 0 Å². The molecule has 0 spiro atoms. The molecule has 0 aromatic carbocycles. The highest BCUT2D eigenvalue weighted by molar-refractivity contribution is 5.87. The highest BCUT2D eigenvalue weighted by atomic mass is 16.5. The normalized spacial score (nSPS) is 30.9. The van der Waals surface area contributed by atoms with Crippen molar-refractivity contribution in [2.45, 2.75) is 26.0 Å². The highest BCUT2D eigenvalue weighted by Crippen LogP contribution is 2.33. The molecule has 1 heterocycles. The van der Waals surface area contributed by atoms with Crippen molar-refractivity contribution in [3.8, 4) is 0 Å². The minimum atomic E-state index is -0.162. The SMILES string of the molecule is CO[C@H](C)[C@H]1C(=O)N(C)[C@@H]1[C@H](C)C=O. The van der Waals surface area contributed by atoms with Gasteiger partial charge in [-0.2, -0.15) is 0 Å². The first-order valence-electron chi connectivity index (χ1n) is 4.79. The Bertz CT molecular complexity index is 238. The summed E-state index contributed by atoms with van der Waals surface area (Å²) >= 11 is 0. The molecule has 80 valence electrons. The summed E-state index contributed by atoms with van der Waals surface area (Å²) in [6.07, 6.45) is 0.772. The minimum Gasteiger partial charge on any atom is -0.381 e. The lowest BCUT2D eigenvalue weighted by Gasteiger charge is -2.48. The van der Waals surface area contributed by atoms with E-state index in [9.17, 15) is 9.59 Å². The molecular formula is C10H17NO3. The summed E-state index contributed by atoms with van der Waals surface area (Å²) in [4.78, 5) is 23.8. The number of aldehydes is 1. The molecule has 0 unspecified atom stereocenters. The van der Waals surface area contributed by atoms with Crippen molar-refractivity contribution < 1.29 is 14.3 Å². The number of likely N-dealkylation sites (tertiary alicyclic amines) is 1. The van der Waals surface area contributed by atoms with Gasteiger partial charge in [0.1, 0.15) is 6.29 Å². The number of amides is 1. The van der Waals surface area contributed by atoms with Gasteiger partial charge in [0.05, 0.1) is 18.1 Å². The molecule has 4 atom stereocenters. The zero-order chi connectivity index (χ0) is 10.9. The summed E-state index contributed by atoms with van der Waals surface area (Å²) in [5.41, 5.74) is 0. The van der Waals surface area contributed by atoms with Gasteiger partial charge in [-0.3, -0.25) is 4.79 Å². The standard InChI is InChI=1S/C10H17NO3/c1-6(5-12)9-8(7(2)14-4)10(13)11(9)3/h5-9H,1-4H3/t6-,7-,8-,9-/m1/s1. The van der Waals surface area contributed by atoms with Crippen LogP contribution in [-0.4, -0.2) is 43.4 Å². The Kier molecular flexibility index (Phi) is 3.26. The molecule has 14 heavy (non-hydrogen) atoms. The summed E-state index contributed by atoms with van der Waals surface area (Å²) in [7, 11) is 3.31. The number of β-lactam (4-membered cyclic amide) rings is 1. The van der Waals surface area contributed by atoms with Gasteiger partial charge in [-0.1, -0.05) is 6.92 Å². The van der Waals surface area contributed by atoms with Crippen LogP contribution in [0, 0.1) is 11.8 Å². The third kappa shape index (κ3) is 1.54. The van der Waals surface area contributed by atoms with Crippen molar-refractivity contribution in [1.82, 2.24) is 4.90 Å². The zero-order valence-corrected chi connectivity index (χ0v) is 9.06. The van der Waals surface area contributed by atoms with Crippen molar-refractivity contribution in [1.29, 1.82) is 0 Å². The van der Waals surface area contributed by atoms with Gasteiger partial charge in [0.25, 0.3) is 0 Å². The largest absolute Gasteiger partial charge is 0.381 e. The quantitative estimate of drug-likeness (QED) is 0.483. The smallest absolute Gasteiger partial charge is 0.230 e. The average molecular weight is 199 g/mol. The summed E-state index contributed by atoms with van der Waals surface area (Å²) in [5, 5.41) is 0. The third-order valence-corrected chi connectivity index (χ3v) is 3.08. The maximum Gasteiger partial charge on any atom is 0.230 e. The second-order valence-corrected chi connectivity index (χ2v) is 3.90. The van der Waals surface area contributed by atoms with E-state index in [4.69, 9.17) is 4.74 Å². The van der Waals surface area contributed by atoms with Crippen LogP contribution in [-0.2, 0) is 14.3 Å². The van der Waals surface area contributed by atoms with Crippen molar-refractivity contribution in [2.24, 2.45) is 11.8 Å². The molecule has 1 aliphatic rings. The van der Waals surface area contributed by atoms with E-state index in [0.29, 0.717) is 0 Å². The molecular weight excluding hydrogens is 182 g/mol. The van der Waals surface area contributed by atoms with E-state index in [1.807, 2.05) is 13.8 Å². The van der Waals surface area contributed by atoms with Gasteiger partial charge >= 0.3 is 0 Å². The molecule has 0 aliphatic carbocycles. The zero-order valence-electron chi connectivity index (χ0n) is 9.06. The van der Waals surface area contributed by atoms with Crippen LogP contribution in [0.15, 0.2) is 0 Å². The average Bonchev–Trinajstić information content (AvgIpc) is 2.22. The van der Waals surface area contributed by atoms with Crippen molar-refractivity contribution in [3.63, 3.8) is 0 Å². The number of methoxy groups -OCH3 is 1. The van der Waals surface area contributed by atoms with Crippen LogP contribution in [0.5, 0.6) is 0 Å². The molecule has 0 saturated carbocycles. The van der Waals surface area contributed by atoms with E-state index in [1.54, 1.807) is 19.1 Å². The van der Waals surface area contributed by atoms with Gasteiger partial charge in [0.2, 0.25) is 5.91 Å². The minimum absolute atomic E-state index is 0.00468. The van der Waals surface area contributed by atoms with E-state index < -0.39 is 0 Å². The fraction of sp³-hybridized carbons (Fsp3) is 0.800. The van der Waals surface area contributed by atoms with Crippen molar-refractivity contribution >= 4 is 12.2 Å². The van der Waals surface area contributed by atoms with Crippen LogP contribution in [0.4, 0.5) is 0 Å². The Labute approximate surface area is 84.2 Å². The summed E-state index contributed by atoms with van der Waals surface area (Å²) in [6.45, 7) is 3.69. The maximum absolute atomic E-state index is 11.5. The lowest BCUT2D eigenvalue weighted by molar-refractivity contribution is -0.166. The fourth-order valence-electron chi connectivity index (χ4n) is 2.07. The van der Waals surface area contributed by atoms with Crippen LogP contribution in [0.3, 0.4) is 0 Å². The second kappa shape index (κ2) is 4.09. The Balaban J connectivity index is 2.74. The monoisotopic (exact) mass is 199 g/mol. The topological polar surface area (TPSA) is 46.6 Å². The Morgan fingerprint density at radius 2 is 2.07 bits per heavy atom. The number of carbonyl (C=O) groups excluding carboxylic acids is 2. The van der Waals surface area contributed by atoms with Crippen LogP contribution >= 0.6 is 0 Å². The Morgan fingerprint density at radius 3 is 2.50 bits per heavy atom. The van der Waals surface area contributed by atoms with Crippen LogP contribution in [0.1, 0.15) is 13.8 Å². The lowest BCUT2D eigenvalue weighted by atomic mass is 9.77. The first-order chi connectivity index (χ1) is 6.54. The highest BCUT2D eigenvalue weighted by Gasteiger charge is 2.50. The molecule has 0 bridgehead atoms. The molecule has 1 fully saturated rings. The molecule has 0 aromatic rings. The second-order valence-electron chi connectivity index (χ2n) is 3.90. The predicted molar refractivity (Wildman–Crippen MR) is 51.7 cm³/mol. The third-order valence-electron chi connectivity index (χ3n) is 3.08. The molecule has 0 N–H and O–H groups in total. The van der Waals surface area contributed by atoms with Gasteiger partial charge < -0.3 is 14.4 Å². The number of rotatable bonds is 4. The number of nitrogens with zero attached hydrogens (tertiary/aromatic N) is 1. The molecule has 0 aromatic heterocycles. The number of ether oxygens (including phenoxy) is 1. The first kappa shape index (κ1) is 11.2. The van der Waals surface area contributed by atoms with E-state index in [1.165, 1.54) is 0 Å². The van der Waals surface area contributed by atoms with Crippen LogP contribution in [0.25, 0.3) is 0 Å². The van der Waals surface area contributed by atoms with Gasteiger partial charge in [-0.25, -0.2) is 0 Å². The van der Waals surface area contributed by atoms with Crippen LogP contribution < -0.4 is 0 Å². The summed E-state index contributed by atoms with van der Waals surface area (Å²) in [5.74, 6) is -0.219. The summed E-state index contributed by atoms with van der Waals surface area (Å²) in [6, 6.07) is -0.00468. The van der Waals surface area contributed by atoms with E-state index in [0.717, 1.165) is 6.29 Å². The first-order valence-corrected chi connectivity index (χ1v) is 4.79. The van der Waals surface area contributed by atoms with Gasteiger partial charge in [0, 0.05) is 20.1 Å². The Morgan fingerprint density at radius 1 is 1.50 bits per heavy atom. The molecule has 1 rings (SSSR count). The van der Waals surface area contributed by atoms with E-state index in [2.05, 4.69) is 0 Å². The van der Waals surface area contributed by atoms with Crippen molar-refractivity contribution in [2.75, 3.05) is 14.2 Å².